The van der Waals surface area contributed by atoms with Crippen LogP contribution in [-0.2, 0) is 16.0 Å². The zero-order chi connectivity index (χ0) is 18.4. The number of benzene rings is 2. The fourth-order valence-electron chi connectivity index (χ4n) is 2.55. The van der Waals surface area contributed by atoms with Gasteiger partial charge in [0.15, 0.2) is 0 Å². The van der Waals surface area contributed by atoms with Gasteiger partial charge in [-0.3, -0.25) is 9.59 Å². The lowest BCUT2D eigenvalue weighted by molar-refractivity contribution is -0.137. The third-order valence-electron chi connectivity index (χ3n) is 4.16. The van der Waals surface area contributed by atoms with E-state index < -0.39 is 0 Å². The van der Waals surface area contributed by atoms with Gasteiger partial charge in [0.25, 0.3) is 0 Å². The number of Topliss-reactive ketones (excluding diaryl/α,β-unsaturated/α-hetero) is 1. The lowest BCUT2D eigenvalue weighted by Crippen LogP contribution is -2.15. The zero-order valence-corrected chi connectivity index (χ0v) is 15.4. The van der Waals surface area contributed by atoms with Gasteiger partial charge in [0.05, 0.1) is 5.92 Å². The van der Waals surface area contributed by atoms with Crippen molar-refractivity contribution in [3.63, 3.8) is 0 Å². The second-order valence-electron chi connectivity index (χ2n) is 6.85. The molecule has 0 N–H and O–H groups in total. The normalized spacial score (nSPS) is 11.0. The fraction of sp³-hybridized carbons (Fsp3) is 0.364. The van der Waals surface area contributed by atoms with Crippen molar-refractivity contribution >= 4 is 11.8 Å². The molecule has 2 aromatic carbocycles. The van der Waals surface area contributed by atoms with Gasteiger partial charge in [0, 0.05) is 17.9 Å². The molecule has 3 nitrogen and oxygen atoms in total. The molecule has 0 saturated carbocycles. The quantitative estimate of drug-likeness (QED) is 0.523. The van der Waals surface area contributed by atoms with Crippen LogP contribution in [0.15, 0.2) is 48.5 Å². The molecular weight excluding hydrogens is 312 g/mol. The Morgan fingerprint density at radius 2 is 1.44 bits per heavy atom. The summed E-state index contributed by atoms with van der Waals surface area (Å²) in [5, 5.41) is 0. The van der Waals surface area contributed by atoms with Crippen molar-refractivity contribution < 1.29 is 14.3 Å². The topological polar surface area (TPSA) is 43.4 Å². The summed E-state index contributed by atoms with van der Waals surface area (Å²) in [4.78, 5) is 24.0. The average Bonchev–Trinajstić information content (AvgIpc) is 2.60. The molecule has 0 heterocycles. The lowest BCUT2D eigenvalue weighted by Gasteiger charge is -2.15. The first-order chi connectivity index (χ1) is 11.9. The molecule has 0 saturated heterocycles. The number of para-hydroxylation sites is 1. The van der Waals surface area contributed by atoms with Crippen LogP contribution in [0.5, 0.6) is 5.75 Å². The summed E-state index contributed by atoms with van der Waals surface area (Å²) in [5.41, 5.74) is 2.97. The number of ether oxygens (including phenoxy) is 1. The van der Waals surface area contributed by atoms with Crippen LogP contribution in [0.4, 0.5) is 0 Å². The molecule has 0 unspecified atom stereocenters. The van der Waals surface area contributed by atoms with E-state index in [2.05, 4.69) is 0 Å². The Balaban J connectivity index is 2.33. The third-order valence-corrected chi connectivity index (χ3v) is 4.16. The molecule has 0 atom stereocenters. The molecule has 3 heteroatoms. The van der Waals surface area contributed by atoms with Crippen molar-refractivity contribution in [3.8, 4) is 16.9 Å². The summed E-state index contributed by atoms with van der Waals surface area (Å²) < 4.78 is 5.57. The summed E-state index contributed by atoms with van der Waals surface area (Å²) in [6.45, 7) is 7.48. The number of rotatable bonds is 7. The van der Waals surface area contributed by atoms with Crippen molar-refractivity contribution in [1.82, 2.24) is 0 Å². The van der Waals surface area contributed by atoms with Gasteiger partial charge in [-0.1, -0.05) is 70.2 Å². The van der Waals surface area contributed by atoms with E-state index in [1.807, 2.05) is 76.2 Å². The largest absolute Gasteiger partial charge is 0.426 e. The van der Waals surface area contributed by atoms with Crippen molar-refractivity contribution in [3.05, 3.63) is 54.1 Å². The molecular formula is C22H26O3. The summed E-state index contributed by atoms with van der Waals surface area (Å²) >= 11 is 0. The Labute approximate surface area is 150 Å². The fourth-order valence-corrected chi connectivity index (χ4v) is 2.55. The van der Waals surface area contributed by atoms with E-state index >= 15 is 0 Å². The highest BCUT2D eigenvalue weighted by Gasteiger charge is 2.16. The number of hydrogen-bond donors (Lipinski definition) is 0. The van der Waals surface area contributed by atoms with Gasteiger partial charge >= 0.3 is 5.97 Å². The molecule has 0 spiro atoms. The van der Waals surface area contributed by atoms with Crippen molar-refractivity contribution in [2.45, 2.75) is 40.5 Å². The van der Waals surface area contributed by atoms with E-state index in [0.29, 0.717) is 18.6 Å². The van der Waals surface area contributed by atoms with E-state index in [-0.39, 0.29) is 23.6 Å². The number of carbonyl (C=O) groups excluding carboxylic acids is 2. The second kappa shape index (κ2) is 8.61. The molecule has 0 aliphatic heterocycles. The van der Waals surface area contributed by atoms with Crippen LogP contribution < -0.4 is 4.74 Å². The molecule has 0 fully saturated rings. The molecule has 132 valence electrons. The molecule has 0 aliphatic rings. The van der Waals surface area contributed by atoms with Gasteiger partial charge in [-0.25, -0.2) is 0 Å². The van der Waals surface area contributed by atoms with E-state index in [0.717, 1.165) is 16.7 Å². The highest BCUT2D eigenvalue weighted by atomic mass is 16.5. The Morgan fingerprint density at radius 1 is 0.840 bits per heavy atom. The van der Waals surface area contributed by atoms with Crippen LogP contribution in [-0.4, -0.2) is 11.8 Å². The summed E-state index contributed by atoms with van der Waals surface area (Å²) in [6.07, 6.45) is 1.20. The van der Waals surface area contributed by atoms with Crippen LogP contribution >= 0.6 is 0 Å². The maximum atomic E-state index is 12.0. The third kappa shape index (κ3) is 5.02. The highest BCUT2D eigenvalue weighted by molar-refractivity contribution is 5.82. The van der Waals surface area contributed by atoms with Gasteiger partial charge in [-0.2, -0.15) is 0 Å². The smallest absolute Gasteiger partial charge is 0.313 e. The predicted octanol–water partition coefficient (Wildman–Crippen LogP) is 5.07. The Morgan fingerprint density at radius 3 is 2.08 bits per heavy atom. The van der Waals surface area contributed by atoms with Crippen molar-refractivity contribution in [2.24, 2.45) is 11.8 Å². The molecule has 0 bridgehead atoms. The second-order valence-corrected chi connectivity index (χ2v) is 6.85. The molecule has 2 rings (SSSR count). The molecule has 0 aromatic heterocycles. The van der Waals surface area contributed by atoms with Gasteiger partial charge in [-0.15, -0.1) is 0 Å². The Bertz CT molecular complexity index is 744. The van der Waals surface area contributed by atoms with E-state index in [4.69, 9.17) is 4.74 Å². The van der Waals surface area contributed by atoms with Crippen LogP contribution in [0.25, 0.3) is 11.1 Å². The number of aryl methyl sites for hydroxylation is 1. The number of hydrogen-bond acceptors (Lipinski definition) is 3. The van der Waals surface area contributed by atoms with Gasteiger partial charge < -0.3 is 4.74 Å². The number of ketones is 1. The minimum absolute atomic E-state index is 0.0476. The number of carbonyl (C=O) groups is 2. The minimum atomic E-state index is -0.250. The Kier molecular flexibility index (Phi) is 6.51. The molecule has 0 amide bonds. The number of esters is 1. The zero-order valence-electron chi connectivity index (χ0n) is 15.4. The molecule has 25 heavy (non-hydrogen) atoms. The monoisotopic (exact) mass is 338 g/mol. The van der Waals surface area contributed by atoms with Gasteiger partial charge in [-0.05, 0) is 23.6 Å². The van der Waals surface area contributed by atoms with Crippen molar-refractivity contribution in [1.29, 1.82) is 0 Å². The molecule has 0 radical (unpaired) electrons. The van der Waals surface area contributed by atoms with Gasteiger partial charge in [0.2, 0.25) is 0 Å². The van der Waals surface area contributed by atoms with Crippen molar-refractivity contribution in [2.75, 3.05) is 0 Å². The van der Waals surface area contributed by atoms with Crippen LogP contribution in [0.2, 0.25) is 0 Å². The average molecular weight is 338 g/mol. The standard InChI is InChI=1S/C22H26O3/c1-15(2)20(23)14-13-17-9-5-6-10-18(17)19-11-7-8-12-21(19)25-22(24)16(3)4/h5-12,15-16H,13-14H2,1-4H3. The first kappa shape index (κ1) is 18.9. The van der Waals surface area contributed by atoms with Crippen LogP contribution in [0.1, 0.15) is 39.7 Å². The summed E-state index contributed by atoms with van der Waals surface area (Å²) in [7, 11) is 0. The Hall–Kier alpha value is -2.42. The molecule has 0 aliphatic carbocycles. The maximum Gasteiger partial charge on any atom is 0.313 e. The first-order valence-corrected chi connectivity index (χ1v) is 8.82. The molecule has 2 aromatic rings. The van der Waals surface area contributed by atoms with E-state index in [1.165, 1.54) is 0 Å². The predicted molar refractivity (Wildman–Crippen MR) is 101 cm³/mol. The van der Waals surface area contributed by atoms with E-state index in [1.54, 1.807) is 0 Å². The van der Waals surface area contributed by atoms with Crippen LogP contribution in [0.3, 0.4) is 0 Å². The van der Waals surface area contributed by atoms with Crippen LogP contribution in [0, 0.1) is 11.8 Å². The van der Waals surface area contributed by atoms with E-state index in [9.17, 15) is 9.59 Å². The summed E-state index contributed by atoms with van der Waals surface area (Å²) in [6, 6.07) is 15.5. The SMILES string of the molecule is CC(C)C(=O)CCc1ccccc1-c1ccccc1OC(=O)C(C)C. The first-order valence-electron chi connectivity index (χ1n) is 8.82. The highest BCUT2D eigenvalue weighted by Crippen LogP contribution is 2.33. The minimum Gasteiger partial charge on any atom is -0.426 e. The van der Waals surface area contributed by atoms with Gasteiger partial charge in [0.1, 0.15) is 11.5 Å². The maximum absolute atomic E-state index is 12.0. The summed E-state index contributed by atoms with van der Waals surface area (Å²) in [5.74, 6) is 0.427. The lowest BCUT2D eigenvalue weighted by atomic mass is 9.94.